The number of halogens is 5. The number of nitrogens with zero attached hydrogens (tertiary/aromatic N) is 6. The van der Waals surface area contributed by atoms with Gasteiger partial charge < -0.3 is 14.6 Å². The van der Waals surface area contributed by atoms with Gasteiger partial charge in [-0.15, -0.1) is 11.3 Å². The molecule has 3 aromatic heterocycles. The molecule has 0 spiro atoms. The number of phenols is 1. The first kappa shape index (κ1) is 43.3. The summed E-state index contributed by atoms with van der Waals surface area (Å²) in [4.78, 5) is 64.8. The maximum atomic E-state index is 15.2. The summed E-state index contributed by atoms with van der Waals surface area (Å²) in [5, 5.41) is 18.4. The minimum absolute atomic E-state index is 0.00972. The topological polar surface area (TPSA) is 147 Å². The highest BCUT2D eigenvalue weighted by molar-refractivity contribution is 7.22. The van der Waals surface area contributed by atoms with Crippen molar-refractivity contribution in [3.05, 3.63) is 93.1 Å². The summed E-state index contributed by atoms with van der Waals surface area (Å²) < 4.78 is 54.5. The number of allylic oxidation sites excluding steroid dienone is 3. The first-order valence-corrected chi connectivity index (χ1v) is 21.7. The molecule has 0 unspecified atom stereocenters. The van der Waals surface area contributed by atoms with E-state index in [9.17, 15) is 27.9 Å². The second kappa shape index (κ2) is 15.4. The van der Waals surface area contributed by atoms with E-state index in [1.54, 1.807) is 50.4 Å². The molecule has 0 radical (unpaired) electrons. The molecule has 6 atom stereocenters. The maximum Gasteiger partial charge on any atom is 0.433 e. The van der Waals surface area contributed by atoms with E-state index in [4.69, 9.17) is 37.8 Å². The number of hydrazine groups is 1. The van der Waals surface area contributed by atoms with Crippen molar-refractivity contribution in [2.24, 2.45) is 42.1 Å². The molecule has 5 aromatic rings. The van der Waals surface area contributed by atoms with Gasteiger partial charge in [0.05, 0.1) is 47.3 Å². The number of methoxy groups -OCH3 is 2. The molecule has 4 aliphatic rings. The van der Waals surface area contributed by atoms with Crippen LogP contribution in [-0.4, -0.2) is 69.8 Å². The van der Waals surface area contributed by atoms with Crippen molar-refractivity contribution in [1.82, 2.24) is 19.8 Å². The molecule has 1 saturated carbocycles. The molecule has 9 rings (SSSR count). The molecule has 332 valence electrons. The van der Waals surface area contributed by atoms with Gasteiger partial charge in [-0.3, -0.25) is 28.9 Å². The minimum Gasteiger partial charge on any atom is -0.502 e. The number of phenolic OH excluding ortho intramolecular Hbond substituents is 1. The van der Waals surface area contributed by atoms with Gasteiger partial charge in [0.25, 0.3) is 11.8 Å². The summed E-state index contributed by atoms with van der Waals surface area (Å²) >= 11 is 14.2. The van der Waals surface area contributed by atoms with Gasteiger partial charge in [0, 0.05) is 35.8 Å². The second-order valence-corrected chi connectivity index (χ2v) is 18.5. The molecule has 2 aliphatic heterocycles. The van der Waals surface area contributed by atoms with Crippen LogP contribution in [0.4, 0.5) is 24.8 Å². The number of hydrogen-bond donors (Lipinski definition) is 1. The van der Waals surface area contributed by atoms with Crippen molar-refractivity contribution in [1.29, 1.82) is 0 Å². The largest absolute Gasteiger partial charge is 0.502 e. The molecule has 0 bridgehead atoms. The van der Waals surface area contributed by atoms with E-state index in [0.29, 0.717) is 27.9 Å². The van der Waals surface area contributed by atoms with Crippen LogP contribution in [-0.2, 0) is 32.4 Å². The van der Waals surface area contributed by atoms with Crippen molar-refractivity contribution < 1.29 is 46.9 Å². The quantitative estimate of drug-likeness (QED) is 0.118. The van der Waals surface area contributed by atoms with Gasteiger partial charge in [-0.1, -0.05) is 47.0 Å². The van der Waals surface area contributed by atoms with Crippen molar-refractivity contribution >= 4 is 86.0 Å². The Balaban J connectivity index is 1.13. The van der Waals surface area contributed by atoms with Crippen molar-refractivity contribution in [2.75, 3.05) is 31.2 Å². The number of alkyl halides is 3. The van der Waals surface area contributed by atoms with E-state index in [-0.39, 0.29) is 40.9 Å². The summed E-state index contributed by atoms with van der Waals surface area (Å²) in [6, 6.07) is 12.2. The van der Waals surface area contributed by atoms with Crippen molar-refractivity contribution in [3.63, 3.8) is 0 Å². The normalized spacial score (nSPS) is 24.4. The number of fused-ring (bicyclic) bond motifs is 5. The van der Waals surface area contributed by atoms with E-state index in [1.165, 1.54) is 37.3 Å². The van der Waals surface area contributed by atoms with Gasteiger partial charge in [0.1, 0.15) is 17.2 Å². The Hall–Kier alpha value is -5.91. The third-order valence-electron chi connectivity index (χ3n) is 13.2. The molecule has 13 nitrogen and oxygen atoms in total. The Morgan fingerprint density at radius 2 is 1.69 bits per heavy atom. The highest BCUT2D eigenvalue weighted by Crippen LogP contribution is 2.61. The fourth-order valence-corrected chi connectivity index (χ4v) is 11.6. The number of rotatable bonds is 8. The van der Waals surface area contributed by atoms with Gasteiger partial charge in [0.15, 0.2) is 17.3 Å². The molecule has 19 heteroatoms. The number of carbonyl (C=O) groups is 4. The number of ether oxygens (including phenoxy) is 2. The Bertz CT molecular complexity index is 2890. The van der Waals surface area contributed by atoms with Crippen LogP contribution in [0.2, 0.25) is 10.0 Å². The summed E-state index contributed by atoms with van der Waals surface area (Å²) in [6.45, 7) is 3.69. The maximum absolute atomic E-state index is 15.2. The predicted octanol–water partition coefficient (Wildman–Crippen LogP) is 8.88. The lowest BCUT2D eigenvalue weighted by Gasteiger charge is -2.47. The third-order valence-corrected chi connectivity index (χ3v) is 15.1. The van der Waals surface area contributed by atoms with Gasteiger partial charge >= 0.3 is 6.18 Å². The monoisotopic (exact) mass is 934 g/mol. The second-order valence-electron chi connectivity index (χ2n) is 16.6. The zero-order valence-electron chi connectivity index (χ0n) is 35.0. The SMILES string of the molecule is COc1cc(C=C[C@H]2C3=CC[C@@H]4C(=O)N(N(C)c5nc(C(F)(F)F)ccc5Cl)C(=O)[C@@H]4[C@@H]3C[C@H]3C(=O)N(c4cc(-c5sc6ccc(Cl)cc6c5C)nn4C)C(=O)[C@@]23C)cc(OC)c1O. The van der Waals surface area contributed by atoms with Crippen LogP contribution in [0.3, 0.4) is 0 Å². The van der Waals surface area contributed by atoms with Crippen molar-refractivity contribution in [2.45, 2.75) is 32.9 Å². The number of pyridine rings is 1. The number of aromatic hydroxyl groups is 1. The number of hydrogen-bond acceptors (Lipinski definition) is 11. The predicted molar refractivity (Wildman–Crippen MR) is 234 cm³/mol. The number of thiophene rings is 1. The van der Waals surface area contributed by atoms with Crippen LogP contribution in [0.25, 0.3) is 26.7 Å². The van der Waals surface area contributed by atoms with Crippen LogP contribution >= 0.6 is 34.5 Å². The van der Waals surface area contributed by atoms with Crippen LogP contribution in [0.5, 0.6) is 17.2 Å². The molecule has 2 aromatic carbocycles. The highest BCUT2D eigenvalue weighted by Gasteiger charge is 2.67. The molecular formula is C45H39Cl2F3N6O7S. The fourth-order valence-electron chi connectivity index (χ4n) is 10.1. The van der Waals surface area contributed by atoms with Crippen LogP contribution in [0.1, 0.15) is 36.6 Å². The average molecular weight is 936 g/mol. The smallest absolute Gasteiger partial charge is 0.433 e. The van der Waals surface area contributed by atoms with E-state index in [1.807, 2.05) is 25.1 Å². The Morgan fingerprint density at radius 3 is 2.36 bits per heavy atom. The lowest BCUT2D eigenvalue weighted by Crippen LogP contribution is -2.50. The van der Waals surface area contributed by atoms with Gasteiger partial charge in [-0.25, -0.2) is 9.88 Å². The number of imide groups is 2. The van der Waals surface area contributed by atoms with E-state index in [2.05, 4.69) is 4.98 Å². The van der Waals surface area contributed by atoms with Gasteiger partial charge in [-0.2, -0.15) is 23.3 Å². The molecule has 2 saturated heterocycles. The standard InChI is InChI=1S/C45H39Cl2F3N6O7S/c1-20-25-17-22(46)8-13-33(25)64-38(20)30-19-35(53(3)52-30)55-41(59)28-18-26-23(27(44(28,2)43(55)61)11-7-21-15-31(62-5)37(57)32(16-21)63-6)9-10-24-36(26)42(60)56(40(24)58)54(4)39-29(47)12-14-34(51-39)45(48,49)50/h7-9,11-17,19,24,26-28,36,57H,10,18H2,1-6H3/t24-,26+,27-,28-,36-,44-/m0/s1. The lowest BCUT2D eigenvalue weighted by atomic mass is 9.52. The van der Waals surface area contributed by atoms with E-state index >= 15 is 9.59 Å². The Morgan fingerprint density at radius 1 is 0.984 bits per heavy atom. The van der Waals surface area contributed by atoms with Gasteiger partial charge in [0.2, 0.25) is 17.6 Å². The number of benzene rings is 2. The zero-order chi connectivity index (χ0) is 45.9. The van der Waals surface area contributed by atoms with E-state index in [0.717, 1.165) is 41.5 Å². The van der Waals surface area contributed by atoms with Crippen molar-refractivity contribution in [3.8, 4) is 27.8 Å². The Kier molecular flexibility index (Phi) is 10.4. The lowest BCUT2D eigenvalue weighted by molar-refractivity contribution is -0.141. The summed E-state index contributed by atoms with van der Waals surface area (Å²) in [6.07, 6.45) is 0.581. The van der Waals surface area contributed by atoms with Crippen LogP contribution < -0.4 is 19.4 Å². The molecule has 5 heterocycles. The molecule has 64 heavy (non-hydrogen) atoms. The molecule has 3 fully saturated rings. The fraction of sp³-hybridized carbons (Fsp3) is 0.333. The molecule has 1 N–H and O–H groups in total. The minimum atomic E-state index is -4.83. The number of anilines is 2. The number of aryl methyl sites for hydroxylation is 2. The number of amides is 4. The average Bonchev–Trinajstić information content (AvgIpc) is 3.93. The summed E-state index contributed by atoms with van der Waals surface area (Å²) in [5.41, 5.74) is -0.00977. The molecule has 2 aliphatic carbocycles. The summed E-state index contributed by atoms with van der Waals surface area (Å²) in [7, 11) is 5.67. The van der Waals surface area contributed by atoms with Crippen LogP contribution in [0.15, 0.2) is 66.3 Å². The third kappa shape index (κ3) is 6.48. The first-order chi connectivity index (χ1) is 30.3. The van der Waals surface area contributed by atoms with Crippen LogP contribution in [0, 0.1) is 41.9 Å². The number of carbonyl (C=O) groups excluding carboxylic acids is 4. The molecule has 4 amide bonds. The number of aromatic nitrogens is 3. The van der Waals surface area contributed by atoms with Gasteiger partial charge in [-0.05, 0) is 91.6 Å². The van der Waals surface area contributed by atoms with E-state index < -0.39 is 76.3 Å². The Labute approximate surface area is 378 Å². The molecular weight excluding hydrogens is 896 g/mol. The zero-order valence-corrected chi connectivity index (χ0v) is 37.4. The summed E-state index contributed by atoms with van der Waals surface area (Å²) in [5.74, 6) is -7.08. The first-order valence-electron chi connectivity index (χ1n) is 20.1. The highest BCUT2D eigenvalue weighted by atomic mass is 35.5.